The number of hydrogen-bond acceptors (Lipinski definition) is 10. The number of amides is 1. The molecular weight excluding hydrogens is 570 g/mol. The molecule has 15 heteroatoms. The van der Waals surface area contributed by atoms with Crippen LogP contribution in [0.2, 0.25) is 0 Å². The third-order valence-corrected chi connectivity index (χ3v) is 6.68. The summed E-state index contributed by atoms with van der Waals surface area (Å²) in [6, 6.07) is 11.1. The highest BCUT2D eigenvalue weighted by atomic mass is 32.2. The lowest BCUT2D eigenvalue weighted by atomic mass is 10.2. The number of para-hydroxylation sites is 2. The van der Waals surface area contributed by atoms with Crippen molar-refractivity contribution in [2.75, 3.05) is 73.0 Å². The van der Waals surface area contributed by atoms with Crippen molar-refractivity contribution in [3.8, 4) is 5.75 Å². The van der Waals surface area contributed by atoms with Crippen LogP contribution in [0.1, 0.15) is 0 Å². The number of methoxy groups -OCH3 is 1. The van der Waals surface area contributed by atoms with E-state index in [0.29, 0.717) is 33.7 Å². The van der Waals surface area contributed by atoms with Crippen molar-refractivity contribution < 1.29 is 26.7 Å². The fourth-order valence-electron chi connectivity index (χ4n) is 3.84. The van der Waals surface area contributed by atoms with E-state index in [1.165, 1.54) is 31.5 Å². The van der Waals surface area contributed by atoms with Gasteiger partial charge >= 0.3 is 0 Å². The Morgan fingerprint density at radius 2 is 1.79 bits per heavy atom. The molecule has 12 nitrogen and oxygen atoms in total. The van der Waals surface area contributed by atoms with Crippen LogP contribution in [0.4, 0.5) is 49.0 Å². The number of carbonyl (C=O) groups excluding carboxylic acids is 1. The molecule has 226 valence electrons. The van der Waals surface area contributed by atoms with Gasteiger partial charge in [-0.2, -0.15) is 4.98 Å². The summed E-state index contributed by atoms with van der Waals surface area (Å²) in [6.45, 7) is 3.99. The van der Waals surface area contributed by atoms with Gasteiger partial charge < -0.3 is 30.5 Å². The second-order valence-corrected chi connectivity index (χ2v) is 10.2. The molecule has 0 saturated carbocycles. The number of rotatable bonds is 15. The predicted molar refractivity (Wildman–Crippen MR) is 162 cm³/mol. The van der Waals surface area contributed by atoms with Crippen LogP contribution in [0.3, 0.4) is 0 Å². The smallest absolute Gasteiger partial charge is 0.257 e. The molecule has 3 N–H and O–H groups in total. The van der Waals surface area contributed by atoms with Crippen LogP contribution >= 0.6 is 0 Å². The third-order valence-electron chi connectivity index (χ3n) is 5.91. The Hall–Kier alpha value is -4.50. The molecule has 1 heterocycles. The van der Waals surface area contributed by atoms with Crippen LogP contribution in [-0.2, 0) is 15.7 Å². The molecule has 3 rings (SSSR count). The minimum Gasteiger partial charge on any atom is -0.494 e. The molecule has 0 bridgehead atoms. The number of carbonyl (C=O) groups is 1. The lowest BCUT2D eigenvalue weighted by Crippen LogP contribution is -2.29. The second-order valence-electron chi connectivity index (χ2n) is 9.23. The predicted octanol–water partition coefficient (Wildman–Crippen LogP) is 3.69. The van der Waals surface area contributed by atoms with Crippen LogP contribution in [0.15, 0.2) is 61.3 Å². The highest BCUT2D eigenvalue weighted by Crippen LogP contribution is 2.38. The van der Waals surface area contributed by atoms with Gasteiger partial charge in [-0.15, -0.1) is 0 Å². The van der Waals surface area contributed by atoms with Crippen molar-refractivity contribution in [1.82, 2.24) is 14.9 Å². The van der Waals surface area contributed by atoms with E-state index in [4.69, 9.17) is 4.74 Å². The van der Waals surface area contributed by atoms with Gasteiger partial charge in [0.2, 0.25) is 22.7 Å². The molecule has 0 fully saturated rings. The average molecular weight is 605 g/mol. The maximum absolute atomic E-state index is 13.1. The zero-order valence-electron chi connectivity index (χ0n) is 23.7. The summed E-state index contributed by atoms with van der Waals surface area (Å²) in [6.07, 6.45) is -0.236. The minimum atomic E-state index is -3.32. The van der Waals surface area contributed by atoms with E-state index < -0.39 is 29.8 Å². The first-order chi connectivity index (χ1) is 20.0. The molecule has 1 amide bonds. The first-order valence-corrected chi connectivity index (χ1v) is 13.8. The number of benzene rings is 2. The van der Waals surface area contributed by atoms with E-state index in [1.54, 1.807) is 30.3 Å². The monoisotopic (exact) mass is 604 g/mol. The Morgan fingerprint density at radius 3 is 2.43 bits per heavy atom. The van der Waals surface area contributed by atoms with Gasteiger partial charge in [-0.05, 0) is 44.4 Å². The van der Waals surface area contributed by atoms with Crippen LogP contribution in [0, 0.1) is 0 Å². The van der Waals surface area contributed by atoms with E-state index in [9.17, 15) is 22.0 Å². The van der Waals surface area contributed by atoms with E-state index in [2.05, 4.69) is 32.5 Å². The van der Waals surface area contributed by atoms with E-state index >= 15 is 0 Å². The number of thiol groups is 1. The van der Waals surface area contributed by atoms with Crippen molar-refractivity contribution in [2.24, 2.45) is 0 Å². The molecule has 42 heavy (non-hydrogen) atoms. The quantitative estimate of drug-likeness (QED) is 0.150. The Labute approximate surface area is 245 Å². The van der Waals surface area contributed by atoms with Crippen molar-refractivity contribution in [2.45, 2.75) is 6.43 Å². The van der Waals surface area contributed by atoms with Crippen molar-refractivity contribution in [3.05, 3.63) is 61.3 Å². The Bertz CT molecular complexity index is 1460. The molecule has 3 aromatic rings. The van der Waals surface area contributed by atoms with Gasteiger partial charge in [0.1, 0.15) is 11.6 Å². The molecule has 0 radical (unpaired) electrons. The maximum atomic E-state index is 13.1. The van der Waals surface area contributed by atoms with Crippen molar-refractivity contribution in [1.29, 1.82) is 0 Å². The summed E-state index contributed by atoms with van der Waals surface area (Å²) in [4.78, 5) is 24.9. The lowest BCUT2D eigenvalue weighted by Gasteiger charge is -2.26. The van der Waals surface area contributed by atoms with Gasteiger partial charge in [0.15, 0.2) is 0 Å². The van der Waals surface area contributed by atoms with E-state index in [-0.39, 0.29) is 23.1 Å². The molecular formula is C27H34F2N8O4S. The Morgan fingerprint density at radius 1 is 1.05 bits per heavy atom. The van der Waals surface area contributed by atoms with Crippen LogP contribution in [0.5, 0.6) is 5.75 Å². The van der Waals surface area contributed by atoms with Gasteiger partial charge in [0.25, 0.3) is 6.43 Å². The molecule has 0 unspecified atom stereocenters. The van der Waals surface area contributed by atoms with E-state index in [1.807, 2.05) is 30.9 Å². The largest absolute Gasteiger partial charge is 0.494 e. The molecule has 0 aliphatic rings. The van der Waals surface area contributed by atoms with Crippen LogP contribution < -0.4 is 29.9 Å². The summed E-state index contributed by atoms with van der Waals surface area (Å²) in [5.41, 5.74) is 1.95. The zero-order chi connectivity index (χ0) is 30.8. The SMILES string of the molecule is C=CC(=O)Nc1cc(Nc2nccc(Nc3ccccc3N(CC(F)F)[SH](=O)=O)n2)c(OC)cc1N(C)CCN(C)C. The highest BCUT2D eigenvalue weighted by molar-refractivity contribution is 7.74. The molecule has 0 saturated heterocycles. The average Bonchev–Trinajstić information content (AvgIpc) is 2.95. The number of likely N-dealkylation sites (N-methyl/N-ethyl adjacent to an activating group) is 2. The zero-order valence-corrected chi connectivity index (χ0v) is 24.6. The number of aromatic nitrogens is 2. The molecule has 1 aromatic heterocycles. The van der Waals surface area contributed by atoms with Crippen molar-refractivity contribution >= 4 is 57.0 Å². The van der Waals surface area contributed by atoms with Gasteiger partial charge in [-0.3, -0.25) is 9.10 Å². The molecule has 0 aliphatic carbocycles. The minimum absolute atomic E-state index is 0.0419. The second kappa shape index (κ2) is 14.9. The topological polar surface area (TPSA) is 132 Å². The number of anilines is 7. The van der Waals surface area contributed by atoms with Crippen molar-refractivity contribution in [3.63, 3.8) is 0 Å². The van der Waals surface area contributed by atoms with Gasteiger partial charge in [-0.1, -0.05) is 18.7 Å². The molecule has 2 aromatic carbocycles. The van der Waals surface area contributed by atoms with Crippen LogP contribution in [-0.4, -0.2) is 83.5 Å². The number of nitrogens with one attached hydrogen (secondary N) is 3. The lowest BCUT2D eigenvalue weighted by molar-refractivity contribution is -0.111. The number of ether oxygens (including phenoxy) is 1. The third kappa shape index (κ3) is 8.75. The maximum Gasteiger partial charge on any atom is 0.257 e. The molecule has 0 atom stereocenters. The van der Waals surface area contributed by atoms with E-state index in [0.717, 1.165) is 6.54 Å². The number of halogens is 2. The Balaban J connectivity index is 1.94. The summed E-state index contributed by atoms with van der Waals surface area (Å²) in [7, 11) is 4.02. The molecule has 0 aliphatic heterocycles. The fourth-order valence-corrected chi connectivity index (χ4v) is 4.45. The Kier molecular flexibility index (Phi) is 11.4. The standard InChI is InChI=1S/C27H34F2N8O4S/c1-6-26(38)32-19-15-20(23(41-5)16-22(19)36(4)14-13-35(2)3)33-27-30-12-11-25(34-27)31-18-9-7-8-10-21(18)37(42(39)40)17-24(28)29/h6-12,15-16,24,42H,1,13-14,17H2,2-5H3,(H,32,38)(H2,30,31,33,34). The number of nitrogens with zero attached hydrogens (tertiary/aromatic N) is 5. The molecule has 0 spiro atoms. The summed E-state index contributed by atoms with van der Waals surface area (Å²) in [5.74, 6) is 0.463. The van der Waals surface area contributed by atoms with Gasteiger partial charge in [-0.25, -0.2) is 22.2 Å². The fraction of sp³-hybridized carbons (Fsp3) is 0.296. The van der Waals surface area contributed by atoms with Crippen LogP contribution in [0.25, 0.3) is 0 Å². The first-order valence-electron chi connectivity index (χ1n) is 12.7. The number of hydrogen-bond donors (Lipinski definition) is 4. The number of alkyl halides is 2. The summed E-state index contributed by atoms with van der Waals surface area (Å²) in [5, 5.41) is 8.88. The van der Waals surface area contributed by atoms with Gasteiger partial charge in [0, 0.05) is 32.4 Å². The van der Waals surface area contributed by atoms with Gasteiger partial charge in [0.05, 0.1) is 42.1 Å². The summed E-state index contributed by atoms with van der Waals surface area (Å²) < 4.78 is 55.8. The first kappa shape index (κ1) is 32.0. The highest BCUT2D eigenvalue weighted by Gasteiger charge is 2.19. The summed E-state index contributed by atoms with van der Waals surface area (Å²) >= 11 is 0. The normalized spacial score (nSPS) is 11.0.